The lowest BCUT2D eigenvalue weighted by Crippen LogP contribution is -2.40. The third-order valence-electron chi connectivity index (χ3n) is 6.63. The van der Waals surface area contributed by atoms with E-state index in [0.717, 1.165) is 41.7 Å². The summed E-state index contributed by atoms with van der Waals surface area (Å²) < 4.78 is 40.0. The van der Waals surface area contributed by atoms with Crippen molar-refractivity contribution in [3.8, 4) is 22.4 Å². The average Bonchev–Trinajstić information content (AvgIpc) is 3.23. The standard InChI is InChI=1S/C28H29FN4O3S/c1-20(34)30-24-17-22(16-23(29)18-24)26-8-9-27-28(31-26)25(21-6-3-2-4-7-21)19-33(27)11-5-10-32-12-14-37(35,36)15-13-32/h2-4,6-9,16-19H,5,10-15H2,1H3,(H,30,34). The maximum atomic E-state index is 14.3. The summed E-state index contributed by atoms with van der Waals surface area (Å²) in [7, 11) is -2.89. The van der Waals surface area contributed by atoms with Crippen molar-refractivity contribution in [2.75, 3.05) is 36.5 Å². The van der Waals surface area contributed by atoms with Crippen LogP contribution in [0.25, 0.3) is 33.4 Å². The van der Waals surface area contributed by atoms with Crippen LogP contribution >= 0.6 is 0 Å². The van der Waals surface area contributed by atoms with Crippen LogP contribution in [0.3, 0.4) is 0 Å². The van der Waals surface area contributed by atoms with Crippen molar-refractivity contribution >= 4 is 32.5 Å². The number of hydrogen-bond donors (Lipinski definition) is 1. The van der Waals surface area contributed by atoms with Crippen molar-refractivity contribution in [1.82, 2.24) is 14.5 Å². The molecule has 0 atom stereocenters. The van der Waals surface area contributed by atoms with Crippen molar-refractivity contribution in [2.24, 2.45) is 0 Å². The molecule has 0 saturated carbocycles. The normalized spacial score (nSPS) is 15.6. The van der Waals surface area contributed by atoms with E-state index in [0.29, 0.717) is 30.0 Å². The summed E-state index contributed by atoms with van der Waals surface area (Å²) in [6.07, 6.45) is 2.98. The van der Waals surface area contributed by atoms with Gasteiger partial charge in [-0.15, -0.1) is 0 Å². The van der Waals surface area contributed by atoms with Crippen LogP contribution in [0, 0.1) is 5.82 Å². The zero-order chi connectivity index (χ0) is 26.0. The molecule has 1 aliphatic heterocycles. The molecule has 0 aliphatic carbocycles. The zero-order valence-electron chi connectivity index (χ0n) is 20.7. The largest absolute Gasteiger partial charge is 0.345 e. The fourth-order valence-corrected chi connectivity index (χ4v) is 6.07. The van der Waals surface area contributed by atoms with Crippen molar-refractivity contribution in [3.05, 3.63) is 72.7 Å². The summed E-state index contributed by atoms with van der Waals surface area (Å²) in [5.74, 6) is -0.258. The molecule has 0 bridgehead atoms. The molecule has 0 unspecified atom stereocenters. The number of aromatic nitrogens is 2. The number of amides is 1. The number of rotatable bonds is 7. The van der Waals surface area contributed by atoms with Gasteiger partial charge >= 0.3 is 0 Å². The highest BCUT2D eigenvalue weighted by molar-refractivity contribution is 7.91. The predicted molar refractivity (Wildman–Crippen MR) is 145 cm³/mol. The van der Waals surface area contributed by atoms with Crippen molar-refractivity contribution < 1.29 is 17.6 Å². The van der Waals surface area contributed by atoms with Gasteiger partial charge in [-0.2, -0.15) is 0 Å². The minimum absolute atomic E-state index is 0.230. The number of anilines is 1. The number of carbonyl (C=O) groups excluding carboxylic acids is 1. The summed E-state index contributed by atoms with van der Waals surface area (Å²) in [4.78, 5) is 18.6. The second kappa shape index (κ2) is 10.4. The lowest BCUT2D eigenvalue weighted by Gasteiger charge is -2.26. The van der Waals surface area contributed by atoms with Gasteiger partial charge in [0.05, 0.1) is 28.2 Å². The highest BCUT2D eigenvalue weighted by Crippen LogP contribution is 2.32. The Morgan fingerprint density at radius 1 is 1.00 bits per heavy atom. The lowest BCUT2D eigenvalue weighted by molar-refractivity contribution is -0.114. The van der Waals surface area contributed by atoms with Gasteiger partial charge in [0, 0.05) is 49.6 Å². The molecule has 5 rings (SSSR count). The SMILES string of the molecule is CC(=O)Nc1cc(F)cc(-c2ccc3c(n2)c(-c2ccccc2)cn3CCCN2CCS(=O)(=O)CC2)c1. The third kappa shape index (κ3) is 5.89. The van der Waals surface area contributed by atoms with E-state index in [1.165, 1.54) is 19.1 Å². The quantitative estimate of drug-likeness (QED) is 0.385. The van der Waals surface area contributed by atoms with Gasteiger partial charge in [0.1, 0.15) is 5.82 Å². The van der Waals surface area contributed by atoms with Crippen molar-refractivity contribution in [1.29, 1.82) is 0 Å². The summed E-state index contributed by atoms with van der Waals surface area (Å²) >= 11 is 0. The van der Waals surface area contributed by atoms with Crippen LogP contribution in [0.1, 0.15) is 13.3 Å². The molecule has 1 aliphatic rings. The first-order chi connectivity index (χ1) is 17.8. The molecular weight excluding hydrogens is 491 g/mol. The Bertz CT molecular complexity index is 1540. The van der Waals surface area contributed by atoms with Crippen LogP contribution < -0.4 is 5.32 Å². The topological polar surface area (TPSA) is 84.3 Å². The van der Waals surface area contributed by atoms with Crippen molar-refractivity contribution in [3.63, 3.8) is 0 Å². The molecule has 9 heteroatoms. The highest BCUT2D eigenvalue weighted by Gasteiger charge is 2.21. The number of halogens is 1. The minimum Gasteiger partial charge on any atom is -0.345 e. The van der Waals surface area contributed by atoms with Gasteiger partial charge in [-0.05, 0) is 48.9 Å². The second-order valence-corrected chi connectivity index (χ2v) is 11.7. The third-order valence-corrected chi connectivity index (χ3v) is 8.24. The van der Waals surface area contributed by atoms with Crippen LogP contribution in [-0.4, -0.2) is 59.9 Å². The van der Waals surface area contributed by atoms with E-state index in [1.54, 1.807) is 6.07 Å². The summed E-state index contributed by atoms with van der Waals surface area (Å²) in [6.45, 7) is 4.15. The monoisotopic (exact) mass is 520 g/mol. The van der Waals surface area contributed by atoms with Crippen LogP contribution in [0.2, 0.25) is 0 Å². The van der Waals surface area contributed by atoms with Crippen LogP contribution in [0.4, 0.5) is 10.1 Å². The van der Waals surface area contributed by atoms with Gasteiger partial charge in [0.15, 0.2) is 9.84 Å². The first kappa shape index (κ1) is 25.1. The van der Waals surface area contributed by atoms with Gasteiger partial charge < -0.3 is 14.8 Å². The zero-order valence-corrected chi connectivity index (χ0v) is 21.5. The number of nitrogens with zero attached hydrogens (tertiary/aromatic N) is 3. The van der Waals surface area contributed by atoms with E-state index in [1.807, 2.05) is 42.5 Å². The molecule has 0 spiro atoms. The number of aryl methyl sites for hydroxylation is 1. The Balaban J connectivity index is 1.46. The summed E-state index contributed by atoms with van der Waals surface area (Å²) in [5.41, 5.74) is 5.40. The molecular formula is C28H29FN4O3S. The Hall–Kier alpha value is -3.56. The molecule has 4 aromatic rings. The number of carbonyl (C=O) groups is 1. The molecule has 192 valence electrons. The van der Waals surface area contributed by atoms with Gasteiger partial charge in [-0.1, -0.05) is 30.3 Å². The number of hydrogen-bond acceptors (Lipinski definition) is 5. The first-order valence-corrected chi connectivity index (χ1v) is 14.2. The molecule has 3 heterocycles. The molecule has 1 saturated heterocycles. The van der Waals surface area contributed by atoms with E-state index in [-0.39, 0.29) is 17.4 Å². The van der Waals surface area contributed by atoms with E-state index in [4.69, 9.17) is 4.98 Å². The smallest absolute Gasteiger partial charge is 0.221 e. The number of nitrogens with one attached hydrogen (secondary N) is 1. The molecule has 2 aromatic heterocycles. The summed E-state index contributed by atoms with van der Waals surface area (Å²) in [5, 5.41) is 2.64. The molecule has 1 fully saturated rings. The predicted octanol–water partition coefficient (Wildman–Crippen LogP) is 4.59. The molecule has 2 aromatic carbocycles. The van der Waals surface area contributed by atoms with Gasteiger partial charge in [0.25, 0.3) is 0 Å². The lowest BCUT2D eigenvalue weighted by atomic mass is 10.1. The number of pyridine rings is 1. The number of fused-ring (bicyclic) bond motifs is 1. The molecule has 1 N–H and O–H groups in total. The Labute approximate surface area is 215 Å². The van der Waals surface area contributed by atoms with Gasteiger partial charge in [-0.3, -0.25) is 4.79 Å². The summed E-state index contributed by atoms with van der Waals surface area (Å²) in [6, 6.07) is 18.3. The van der Waals surface area contributed by atoms with Crippen LogP contribution in [0.5, 0.6) is 0 Å². The fraction of sp³-hybridized carbons (Fsp3) is 0.286. The Morgan fingerprint density at radius 3 is 2.49 bits per heavy atom. The number of benzene rings is 2. The van der Waals surface area contributed by atoms with Crippen LogP contribution in [0.15, 0.2) is 66.9 Å². The molecule has 0 radical (unpaired) electrons. The molecule has 37 heavy (non-hydrogen) atoms. The minimum atomic E-state index is -2.89. The van der Waals surface area contributed by atoms with Crippen LogP contribution in [-0.2, 0) is 21.2 Å². The Kier molecular flexibility index (Phi) is 7.08. The maximum Gasteiger partial charge on any atom is 0.221 e. The second-order valence-electron chi connectivity index (χ2n) is 9.42. The average molecular weight is 521 g/mol. The Morgan fingerprint density at radius 2 is 1.76 bits per heavy atom. The fourth-order valence-electron chi connectivity index (χ4n) is 4.79. The van der Waals surface area contributed by atoms with E-state index >= 15 is 0 Å². The van der Waals surface area contributed by atoms with E-state index in [9.17, 15) is 17.6 Å². The highest BCUT2D eigenvalue weighted by atomic mass is 32.2. The first-order valence-electron chi connectivity index (χ1n) is 12.3. The van der Waals surface area contributed by atoms with E-state index < -0.39 is 15.7 Å². The van der Waals surface area contributed by atoms with Crippen molar-refractivity contribution in [2.45, 2.75) is 19.9 Å². The van der Waals surface area contributed by atoms with E-state index in [2.05, 4.69) is 21.0 Å². The maximum absolute atomic E-state index is 14.3. The molecule has 7 nitrogen and oxygen atoms in total. The van der Waals surface area contributed by atoms with Gasteiger partial charge in [-0.25, -0.2) is 17.8 Å². The van der Waals surface area contributed by atoms with Gasteiger partial charge in [0.2, 0.25) is 5.91 Å². The number of sulfone groups is 1. The molecule has 1 amide bonds.